The van der Waals surface area contributed by atoms with E-state index in [1.54, 1.807) is 24.3 Å². The van der Waals surface area contributed by atoms with Crippen molar-refractivity contribution in [2.45, 2.75) is 44.9 Å². The van der Waals surface area contributed by atoms with Gasteiger partial charge in [-0.2, -0.15) is 4.98 Å². The van der Waals surface area contributed by atoms with Gasteiger partial charge in [-0.3, -0.25) is 14.9 Å². The van der Waals surface area contributed by atoms with E-state index in [0.717, 1.165) is 6.20 Å². The molecule has 1 aromatic carbocycles. The Morgan fingerprint density at radius 2 is 2.00 bits per heavy atom. The second kappa shape index (κ2) is 12.7. The van der Waals surface area contributed by atoms with Crippen LogP contribution in [-0.2, 0) is 18.8 Å². The number of methoxy groups -OCH3 is 1. The van der Waals surface area contributed by atoms with E-state index in [4.69, 9.17) is 25.0 Å². The van der Waals surface area contributed by atoms with Crippen LogP contribution in [0.25, 0.3) is 0 Å². The lowest BCUT2D eigenvalue weighted by atomic mass is 10.1. The number of benzene rings is 1. The van der Waals surface area contributed by atoms with E-state index in [-0.39, 0.29) is 18.4 Å². The van der Waals surface area contributed by atoms with Crippen molar-refractivity contribution in [3.63, 3.8) is 0 Å². The monoisotopic (exact) mass is 502 g/mol. The number of carbonyl (C=O) groups excluding carboxylic acids is 1. The molecule has 188 valence electrons. The SMILES string of the molecule is COC(=O)CC(C)C.Nc1ccn(C2OC(COP(N)Oc3ccccc3)CC2(F)F)c(=O)n1. The number of nitrogen functional groups attached to an aromatic ring is 1. The maximum Gasteiger partial charge on any atom is 0.351 e. The van der Waals surface area contributed by atoms with Gasteiger partial charge in [0, 0.05) is 19.0 Å². The van der Waals surface area contributed by atoms with Crippen molar-refractivity contribution in [2.75, 3.05) is 19.5 Å². The summed E-state index contributed by atoms with van der Waals surface area (Å²) in [6.45, 7) is 3.77. The average Bonchev–Trinajstić information content (AvgIpc) is 3.07. The molecule has 4 N–H and O–H groups in total. The number of anilines is 1. The molecule has 10 nitrogen and oxygen atoms in total. The molecule has 1 saturated heterocycles. The quantitative estimate of drug-likeness (QED) is 0.411. The Kier molecular flexibility index (Phi) is 10.3. The van der Waals surface area contributed by atoms with Crippen molar-refractivity contribution in [2.24, 2.45) is 11.4 Å². The van der Waals surface area contributed by atoms with Gasteiger partial charge < -0.3 is 24.3 Å². The number of hydrogen-bond acceptors (Lipinski definition) is 9. The first-order valence-electron chi connectivity index (χ1n) is 10.4. The van der Waals surface area contributed by atoms with Crippen LogP contribution < -0.4 is 21.5 Å². The maximum absolute atomic E-state index is 14.2. The number of halogens is 2. The highest BCUT2D eigenvalue weighted by molar-refractivity contribution is 7.44. The van der Waals surface area contributed by atoms with Crippen molar-refractivity contribution >= 4 is 20.3 Å². The lowest BCUT2D eigenvalue weighted by molar-refractivity contribution is -0.141. The van der Waals surface area contributed by atoms with E-state index in [2.05, 4.69) is 9.72 Å². The molecule has 34 heavy (non-hydrogen) atoms. The Bertz CT molecular complexity index is 979. The van der Waals surface area contributed by atoms with Crippen LogP contribution in [0.5, 0.6) is 5.75 Å². The van der Waals surface area contributed by atoms with Crippen LogP contribution in [0.15, 0.2) is 47.4 Å². The molecule has 3 unspecified atom stereocenters. The third-order valence-electron chi connectivity index (χ3n) is 4.42. The highest BCUT2D eigenvalue weighted by Gasteiger charge is 2.52. The smallest absolute Gasteiger partial charge is 0.351 e. The molecule has 13 heteroatoms. The van der Waals surface area contributed by atoms with Crippen LogP contribution in [0.4, 0.5) is 14.6 Å². The molecular weight excluding hydrogens is 473 g/mol. The van der Waals surface area contributed by atoms with E-state index in [9.17, 15) is 18.4 Å². The molecular formula is C21H29F2N4O6P. The van der Waals surface area contributed by atoms with Gasteiger partial charge in [0.1, 0.15) is 11.6 Å². The standard InChI is InChI=1S/C15H17F2N4O4P.C6H12O2/c16-15(17)8-11(9-23-26(19)25-10-4-2-1-3-5-10)24-13(15)21-7-6-12(18)20-14(21)22;1-5(2)4-6(7)8-3/h1-7,11,13H,8-9,19H2,(H2,18,20,22);5H,4H2,1-3H3. The van der Waals surface area contributed by atoms with Crippen molar-refractivity contribution < 1.29 is 32.1 Å². The molecule has 0 saturated carbocycles. The fourth-order valence-electron chi connectivity index (χ4n) is 2.89. The molecule has 3 rings (SSSR count). The van der Waals surface area contributed by atoms with Gasteiger partial charge in [-0.1, -0.05) is 32.0 Å². The predicted octanol–water partition coefficient (Wildman–Crippen LogP) is 3.24. The van der Waals surface area contributed by atoms with Crippen LogP contribution >= 0.6 is 8.53 Å². The summed E-state index contributed by atoms with van der Waals surface area (Å²) < 4.78 is 49.6. The first-order chi connectivity index (χ1) is 16.0. The summed E-state index contributed by atoms with van der Waals surface area (Å²) in [5.74, 6) is -2.54. The van der Waals surface area contributed by atoms with Gasteiger partial charge >= 0.3 is 20.2 Å². The van der Waals surface area contributed by atoms with Gasteiger partial charge in [0.25, 0.3) is 5.92 Å². The van der Waals surface area contributed by atoms with Gasteiger partial charge in [-0.25, -0.2) is 13.6 Å². The zero-order valence-electron chi connectivity index (χ0n) is 19.1. The van der Waals surface area contributed by atoms with Crippen molar-refractivity contribution in [3.05, 3.63) is 53.1 Å². The third-order valence-corrected chi connectivity index (χ3v) is 5.21. The molecule has 1 fully saturated rings. The lowest BCUT2D eigenvalue weighted by Gasteiger charge is -2.19. The summed E-state index contributed by atoms with van der Waals surface area (Å²) in [5, 5.41) is 0. The minimum absolute atomic E-state index is 0.0562. The van der Waals surface area contributed by atoms with Crippen molar-refractivity contribution in [1.29, 1.82) is 0 Å². The first-order valence-corrected chi connectivity index (χ1v) is 11.6. The molecule has 0 radical (unpaired) electrons. The third kappa shape index (κ3) is 8.60. The summed E-state index contributed by atoms with van der Waals surface area (Å²) in [7, 11) is -0.398. The van der Waals surface area contributed by atoms with Crippen molar-refractivity contribution in [1.82, 2.24) is 9.55 Å². The van der Waals surface area contributed by atoms with E-state index in [0.29, 0.717) is 22.7 Å². The normalized spacial score (nSPS) is 19.7. The molecule has 0 amide bonds. The van der Waals surface area contributed by atoms with E-state index in [1.165, 1.54) is 13.2 Å². The number of para-hydroxylation sites is 1. The summed E-state index contributed by atoms with van der Waals surface area (Å²) in [6.07, 6.45) is -1.71. The Hall–Kier alpha value is -2.66. The first kappa shape index (κ1) is 27.6. The number of rotatable bonds is 8. The van der Waals surface area contributed by atoms with E-state index in [1.807, 2.05) is 19.9 Å². The summed E-state index contributed by atoms with van der Waals surface area (Å²) in [6, 6.07) is 9.99. The summed E-state index contributed by atoms with van der Waals surface area (Å²) in [5.41, 5.74) is 10.2. The number of carbonyl (C=O) groups is 1. The number of nitrogens with two attached hydrogens (primary N) is 2. The Balaban J connectivity index is 0.000000440. The molecule has 0 spiro atoms. The fourth-order valence-corrected chi connectivity index (χ4v) is 3.59. The lowest BCUT2D eigenvalue weighted by Crippen LogP contribution is -2.35. The summed E-state index contributed by atoms with van der Waals surface area (Å²) in [4.78, 5) is 25.6. The largest absolute Gasteiger partial charge is 0.469 e. The van der Waals surface area contributed by atoms with Gasteiger partial charge in [-0.05, 0) is 24.1 Å². The van der Waals surface area contributed by atoms with E-state index < -0.39 is 38.9 Å². The molecule has 1 aliphatic rings. The number of ether oxygens (including phenoxy) is 2. The van der Waals surface area contributed by atoms with Crippen LogP contribution in [0.2, 0.25) is 0 Å². The number of alkyl halides is 2. The number of aromatic nitrogens is 2. The topological polar surface area (TPSA) is 141 Å². The Morgan fingerprint density at radius 3 is 2.56 bits per heavy atom. The zero-order valence-corrected chi connectivity index (χ0v) is 20.0. The van der Waals surface area contributed by atoms with Crippen molar-refractivity contribution in [3.8, 4) is 5.75 Å². The van der Waals surface area contributed by atoms with Gasteiger partial charge in [0.15, 0.2) is 0 Å². The van der Waals surface area contributed by atoms with Gasteiger partial charge in [0.2, 0.25) is 6.23 Å². The zero-order chi connectivity index (χ0) is 25.3. The minimum atomic E-state index is -3.27. The van der Waals surface area contributed by atoms with Crippen LogP contribution in [0.1, 0.15) is 32.9 Å². The van der Waals surface area contributed by atoms with Gasteiger partial charge in [-0.15, -0.1) is 0 Å². The average molecular weight is 502 g/mol. The van der Waals surface area contributed by atoms with Crippen LogP contribution in [-0.4, -0.2) is 41.3 Å². The molecule has 1 aromatic heterocycles. The Morgan fingerprint density at radius 1 is 1.32 bits per heavy atom. The second-order valence-corrected chi connectivity index (χ2v) is 8.79. The molecule has 0 aliphatic carbocycles. The molecule has 3 atom stereocenters. The van der Waals surface area contributed by atoms with E-state index >= 15 is 0 Å². The van der Waals surface area contributed by atoms with Gasteiger partial charge in [0.05, 0.1) is 19.8 Å². The Labute approximate surface area is 197 Å². The number of nitrogens with zero attached hydrogens (tertiary/aromatic N) is 2. The number of hydrogen-bond donors (Lipinski definition) is 2. The van der Waals surface area contributed by atoms with Crippen LogP contribution in [0, 0.1) is 5.92 Å². The minimum Gasteiger partial charge on any atom is -0.469 e. The highest BCUT2D eigenvalue weighted by atomic mass is 31.2. The molecule has 0 bridgehead atoms. The second-order valence-electron chi connectivity index (χ2n) is 7.78. The maximum atomic E-state index is 14.2. The predicted molar refractivity (Wildman–Crippen MR) is 122 cm³/mol. The fraction of sp³-hybridized carbons (Fsp3) is 0.476. The summed E-state index contributed by atoms with van der Waals surface area (Å²) >= 11 is 0. The molecule has 1 aliphatic heterocycles. The molecule has 2 aromatic rings. The highest BCUT2D eigenvalue weighted by Crippen LogP contribution is 2.43. The molecule has 2 heterocycles. The number of esters is 1. The van der Waals surface area contributed by atoms with Crippen LogP contribution in [0.3, 0.4) is 0 Å².